The summed E-state index contributed by atoms with van der Waals surface area (Å²) in [6.07, 6.45) is 4.44. The van der Waals surface area contributed by atoms with E-state index in [0.717, 1.165) is 97.2 Å². The number of hydrogen-bond donors (Lipinski definition) is 2. The van der Waals surface area contributed by atoms with Crippen LogP contribution < -0.4 is 14.4 Å². The average molecular weight is 499 g/mol. The van der Waals surface area contributed by atoms with Gasteiger partial charge in [-0.1, -0.05) is 12.1 Å². The molecule has 3 aromatic heterocycles. The third kappa shape index (κ3) is 3.89. The molecule has 2 N–H and O–H groups in total. The summed E-state index contributed by atoms with van der Waals surface area (Å²) in [5.74, 6) is 2.58. The van der Waals surface area contributed by atoms with Gasteiger partial charge in [0.15, 0.2) is 0 Å². The van der Waals surface area contributed by atoms with Crippen LogP contribution in [0.3, 0.4) is 0 Å². The van der Waals surface area contributed by atoms with E-state index in [1.54, 1.807) is 7.11 Å². The Labute approximate surface area is 215 Å². The van der Waals surface area contributed by atoms with E-state index < -0.39 is 0 Å². The molecule has 3 aliphatic rings. The zero-order chi connectivity index (χ0) is 24.9. The van der Waals surface area contributed by atoms with Crippen LogP contribution in [0.5, 0.6) is 11.5 Å². The quantitative estimate of drug-likeness (QED) is 0.442. The molecule has 0 amide bonds. The number of hydrogen-bond acceptors (Lipinski definition) is 8. The highest BCUT2D eigenvalue weighted by atomic mass is 16.5. The Morgan fingerprint density at radius 2 is 2.08 bits per heavy atom. The molecule has 1 unspecified atom stereocenters. The Morgan fingerprint density at radius 1 is 1.14 bits per heavy atom. The van der Waals surface area contributed by atoms with Gasteiger partial charge in [0.2, 0.25) is 0 Å². The molecule has 2 saturated heterocycles. The van der Waals surface area contributed by atoms with Gasteiger partial charge in [0.1, 0.15) is 34.2 Å². The molecule has 3 aliphatic heterocycles. The van der Waals surface area contributed by atoms with Crippen LogP contribution in [-0.4, -0.2) is 82.2 Å². The Balaban J connectivity index is 1.23. The van der Waals surface area contributed by atoms with Crippen molar-refractivity contribution in [2.45, 2.75) is 31.4 Å². The monoisotopic (exact) mass is 498 g/mol. The van der Waals surface area contributed by atoms with Crippen molar-refractivity contribution in [3.63, 3.8) is 0 Å². The molecule has 0 aliphatic carbocycles. The van der Waals surface area contributed by atoms with E-state index in [9.17, 15) is 5.11 Å². The third-order valence-electron chi connectivity index (χ3n) is 7.88. The number of piperazine rings is 1. The van der Waals surface area contributed by atoms with Crippen molar-refractivity contribution < 1.29 is 14.6 Å². The Morgan fingerprint density at radius 3 is 2.95 bits per heavy atom. The summed E-state index contributed by atoms with van der Waals surface area (Å²) < 4.78 is 11.6. The zero-order valence-electron chi connectivity index (χ0n) is 20.9. The number of fused-ring (bicyclic) bond motifs is 3. The lowest BCUT2D eigenvalue weighted by atomic mass is 9.96. The maximum absolute atomic E-state index is 10.0. The van der Waals surface area contributed by atoms with Crippen molar-refractivity contribution in [2.75, 3.05) is 44.8 Å². The van der Waals surface area contributed by atoms with Gasteiger partial charge in [0, 0.05) is 61.2 Å². The first-order valence-corrected chi connectivity index (χ1v) is 13.0. The molecule has 0 bridgehead atoms. The summed E-state index contributed by atoms with van der Waals surface area (Å²) >= 11 is 0. The third-order valence-corrected chi connectivity index (χ3v) is 7.88. The number of anilines is 1. The maximum Gasteiger partial charge on any atom is 0.147 e. The van der Waals surface area contributed by atoms with Gasteiger partial charge in [-0.15, -0.1) is 0 Å². The number of nitrogens with zero attached hydrogens (tertiary/aromatic N) is 5. The van der Waals surface area contributed by atoms with Crippen molar-refractivity contribution in [1.29, 1.82) is 0 Å². The lowest BCUT2D eigenvalue weighted by Gasteiger charge is -2.37. The van der Waals surface area contributed by atoms with E-state index >= 15 is 0 Å². The van der Waals surface area contributed by atoms with Crippen molar-refractivity contribution in [3.05, 3.63) is 48.2 Å². The molecule has 2 fully saturated rings. The average Bonchev–Trinajstić information content (AvgIpc) is 3.53. The van der Waals surface area contributed by atoms with Gasteiger partial charge < -0.3 is 19.5 Å². The molecule has 6 heterocycles. The molecule has 0 radical (unpaired) electrons. The van der Waals surface area contributed by atoms with Crippen LogP contribution in [-0.2, 0) is 6.42 Å². The van der Waals surface area contributed by atoms with Gasteiger partial charge in [-0.2, -0.15) is 5.10 Å². The number of aromatic amines is 1. The largest absolute Gasteiger partial charge is 0.494 e. The van der Waals surface area contributed by atoms with E-state index in [0.29, 0.717) is 11.8 Å². The Kier molecular flexibility index (Phi) is 5.48. The number of aliphatic hydroxyl groups is 1. The first-order valence-electron chi connectivity index (χ1n) is 13.0. The SMILES string of the molecule is COc1cc2[nH]nc(-c3ccc(N4CCN5CC(O)C[C@H]5C4)nc3)c2nc1-c1cccc2c1CCCO2. The van der Waals surface area contributed by atoms with E-state index in [2.05, 4.69) is 38.2 Å². The number of aromatic nitrogens is 4. The second-order valence-electron chi connectivity index (χ2n) is 10.1. The second kappa shape index (κ2) is 9.00. The minimum atomic E-state index is -0.210. The summed E-state index contributed by atoms with van der Waals surface area (Å²) in [4.78, 5) is 14.6. The zero-order valence-corrected chi connectivity index (χ0v) is 20.9. The van der Waals surface area contributed by atoms with Crippen LogP contribution in [0.1, 0.15) is 18.4 Å². The van der Waals surface area contributed by atoms with Crippen molar-refractivity contribution in [3.8, 4) is 34.0 Å². The first kappa shape index (κ1) is 22.5. The van der Waals surface area contributed by atoms with Crippen molar-refractivity contribution >= 4 is 16.9 Å². The summed E-state index contributed by atoms with van der Waals surface area (Å²) in [7, 11) is 1.67. The summed E-state index contributed by atoms with van der Waals surface area (Å²) in [6.45, 7) is 4.29. The molecular formula is C28H30N6O3. The highest BCUT2D eigenvalue weighted by Gasteiger charge is 2.35. The first-order chi connectivity index (χ1) is 18.2. The number of nitrogens with one attached hydrogen (secondary N) is 1. The molecule has 1 aromatic carbocycles. The molecule has 0 spiro atoms. The van der Waals surface area contributed by atoms with Gasteiger partial charge in [-0.3, -0.25) is 10.00 Å². The van der Waals surface area contributed by atoms with E-state index in [-0.39, 0.29) is 6.10 Å². The predicted molar refractivity (Wildman–Crippen MR) is 141 cm³/mol. The van der Waals surface area contributed by atoms with Gasteiger partial charge >= 0.3 is 0 Å². The molecule has 0 saturated carbocycles. The lowest BCUT2D eigenvalue weighted by molar-refractivity contribution is 0.173. The number of H-pyrrole nitrogens is 1. The van der Waals surface area contributed by atoms with Crippen molar-refractivity contribution in [1.82, 2.24) is 25.1 Å². The molecule has 190 valence electrons. The van der Waals surface area contributed by atoms with Crippen LogP contribution in [0, 0.1) is 0 Å². The second-order valence-corrected chi connectivity index (χ2v) is 10.1. The van der Waals surface area contributed by atoms with E-state index in [4.69, 9.17) is 19.4 Å². The molecule has 9 nitrogen and oxygen atoms in total. The molecule has 2 atom stereocenters. The van der Waals surface area contributed by atoms with Crippen molar-refractivity contribution in [2.24, 2.45) is 0 Å². The minimum absolute atomic E-state index is 0.210. The number of methoxy groups -OCH3 is 1. The number of benzene rings is 1. The molecule has 4 aromatic rings. The van der Waals surface area contributed by atoms with Crippen LogP contribution >= 0.6 is 0 Å². The van der Waals surface area contributed by atoms with Gasteiger partial charge in [0.25, 0.3) is 0 Å². The Hall–Kier alpha value is -3.69. The van der Waals surface area contributed by atoms with E-state index in [1.165, 1.54) is 5.56 Å². The number of ether oxygens (including phenoxy) is 2. The van der Waals surface area contributed by atoms with Crippen LogP contribution in [0.2, 0.25) is 0 Å². The topological polar surface area (TPSA) is 99.6 Å². The summed E-state index contributed by atoms with van der Waals surface area (Å²) in [5.41, 5.74) is 6.28. The lowest BCUT2D eigenvalue weighted by Crippen LogP contribution is -2.50. The van der Waals surface area contributed by atoms with Gasteiger partial charge in [-0.25, -0.2) is 9.97 Å². The number of rotatable bonds is 4. The van der Waals surface area contributed by atoms with Gasteiger partial charge in [-0.05, 0) is 37.5 Å². The number of aliphatic hydroxyl groups excluding tert-OH is 1. The smallest absolute Gasteiger partial charge is 0.147 e. The minimum Gasteiger partial charge on any atom is -0.494 e. The fourth-order valence-electron chi connectivity index (χ4n) is 6.03. The van der Waals surface area contributed by atoms with Gasteiger partial charge in [0.05, 0.1) is 25.3 Å². The number of pyridine rings is 2. The standard InChI is InChI=1S/C28H30N6O3/c1-36-24-13-22-28(30-27(24)21-4-2-6-23-20(21)5-3-11-37-23)26(32-31-22)17-7-8-25(29-14-17)34-10-9-33-16-19(35)12-18(33)15-34/h2,4,6-8,13-14,18-19,35H,3,5,9-12,15-16H2,1H3,(H,31,32)/t18-,19?/m0/s1. The summed E-state index contributed by atoms with van der Waals surface area (Å²) in [5, 5.41) is 17.7. The van der Waals surface area contributed by atoms with Crippen LogP contribution in [0.25, 0.3) is 33.5 Å². The molecule has 37 heavy (non-hydrogen) atoms. The highest BCUT2D eigenvalue weighted by Crippen LogP contribution is 2.39. The fraction of sp³-hybridized carbons (Fsp3) is 0.393. The van der Waals surface area contributed by atoms with Crippen LogP contribution in [0.15, 0.2) is 42.6 Å². The highest BCUT2D eigenvalue weighted by molar-refractivity contribution is 5.93. The normalized spacial score (nSPS) is 21.5. The summed E-state index contributed by atoms with van der Waals surface area (Å²) in [6, 6.07) is 12.6. The van der Waals surface area contributed by atoms with E-state index in [1.807, 2.05) is 24.4 Å². The predicted octanol–water partition coefficient (Wildman–Crippen LogP) is 3.28. The Bertz CT molecular complexity index is 1450. The fourth-order valence-corrected chi connectivity index (χ4v) is 6.03. The maximum atomic E-state index is 10.0. The molecule has 9 heteroatoms. The molecule has 7 rings (SSSR count). The van der Waals surface area contributed by atoms with Crippen LogP contribution in [0.4, 0.5) is 5.82 Å². The molecular weight excluding hydrogens is 468 g/mol.